The van der Waals surface area contributed by atoms with Crippen LogP contribution >= 0.6 is 0 Å². The minimum Gasteiger partial charge on any atom is -0.368 e. The average molecular weight is 279 g/mol. The van der Waals surface area contributed by atoms with Crippen molar-refractivity contribution in [2.75, 3.05) is 19.6 Å². The molecule has 0 radical (unpaired) electrons. The number of carbonyl (C=O) groups is 2. The van der Waals surface area contributed by atoms with Crippen LogP contribution in [0.2, 0.25) is 0 Å². The zero-order chi connectivity index (χ0) is 14.7. The number of hydrogen-bond donors (Lipinski definition) is 2. The number of nitrogens with zero attached hydrogens (tertiary/aromatic N) is 1. The molecule has 1 aliphatic rings. The van der Waals surface area contributed by atoms with E-state index in [1.165, 1.54) is 17.0 Å². The van der Waals surface area contributed by atoms with Crippen LogP contribution in [-0.2, 0) is 4.79 Å². The van der Waals surface area contributed by atoms with Crippen LogP contribution in [0.15, 0.2) is 18.2 Å². The predicted octanol–water partition coefficient (Wildman–Crippen LogP) is 0.424. The van der Waals surface area contributed by atoms with Gasteiger partial charge in [0, 0.05) is 18.2 Å². The zero-order valence-electron chi connectivity index (χ0n) is 11.4. The highest BCUT2D eigenvalue weighted by Gasteiger charge is 2.28. The van der Waals surface area contributed by atoms with Crippen LogP contribution in [0, 0.1) is 12.7 Å². The molecule has 1 aromatic rings. The number of halogens is 1. The SMILES string of the molecule is Cc1cc(F)cc(C(=O)N(CC(N)=O)C2CCNC2)c1. The van der Waals surface area contributed by atoms with E-state index in [-0.39, 0.29) is 24.1 Å². The van der Waals surface area contributed by atoms with Crippen LogP contribution < -0.4 is 11.1 Å². The van der Waals surface area contributed by atoms with E-state index >= 15 is 0 Å². The number of primary amides is 1. The smallest absolute Gasteiger partial charge is 0.254 e. The standard InChI is InChI=1S/C14H18FN3O2/c1-9-4-10(6-11(15)5-9)14(20)18(8-13(16)19)12-2-3-17-7-12/h4-6,12,17H,2-3,7-8H2,1H3,(H2,16,19). The van der Waals surface area contributed by atoms with E-state index < -0.39 is 11.7 Å². The molecule has 6 heteroatoms. The Kier molecular flexibility index (Phi) is 4.34. The second kappa shape index (κ2) is 6.00. The third kappa shape index (κ3) is 3.33. The number of aryl methyl sites for hydroxylation is 1. The molecule has 0 saturated carbocycles. The van der Waals surface area contributed by atoms with Crippen molar-refractivity contribution < 1.29 is 14.0 Å². The van der Waals surface area contributed by atoms with Crippen molar-refractivity contribution in [3.8, 4) is 0 Å². The summed E-state index contributed by atoms with van der Waals surface area (Å²) in [4.78, 5) is 25.1. The number of benzene rings is 1. The summed E-state index contributed by atoms with van der Waals surface area (Å²) >= 11 is 0. The molecule has 2 amide bonds. The summed E-state index contributed by atoms with van der Waals surface area (Å²) in [5.74, 6) is -1.39. The fourth-order valence-corrected chi connectivity index (χ4v) is 2.47. The molecule has 0 bridgehead atoms. The van der Waals surface area contributed by atoms with Crippen molar-refractivity contribution in [3.05, 3.63) is 35.1 Å². The highest BCUT2D eigenvalue weighted by Crippen LogP contribution is 2.15. The minimum atomic E-state index is -0.571. The summed E-state index contributed by atoms with van der Waals surface area (Å²) < 4.78 is 13.4. The predicted molar refractivity (Wildman–Crippen MR) is 72.6 cm³/mol. The van der Waals surface area contributed by atoms with Crippen molar-refractivity contribution in [1.82, 2.24) is 10.2 Å². The second-order valence-corrected chi connectivity index (χ2v) is 5.06. The molecule has 1 heterocycles. The summed E-state index contributed by atoms with van der Waals surface area (Å²) in [6, 6.07) is 4.07. The average Bonchev–Trinajstić information content (AvgIpc) is 2.87. The fraction of sp³-hybridized carbons (Fsp3) is 0.429. The molecule has 1 aromatic carbocycles. The van der Waals surface area contributed by atoms with Crippen LogP contribution in [0.3, 0.4) is 0 Å². The maximum atomic E-state index is 13.4. The Bertz CT molecular complexity index is 507. The topological polar surface area (TPSA) is 75.4 Å². The van der Waals surface area contributed by atoms with E-state index in [1.807, 2.05) is 0 Å². The molecule has 3 N–H and O–H groups in total. The lowest BCUT2D eigenvalue weighted by Crippen LogP contribution is -2.46. The Morgan fingerprint density at radius 3 is 2.75 bits per heavy atom. The minimum absolute atomic E-state index is 0.0847. The number of amides is 2. The first-order chi connectivity index (χ1) is 9.47. The lowest BCUT2D eigenvalue weighted by atomic mass is 10.1. The van der Waals surface area contributed by atoms with Gasteiger partial charge in [-0.2, -0.15) is 0 Å². The van der Waals surface area contributed by atoms with Gasteiger partial charge in [-0.25, -0.2) is 4.39 Å². The zero-order valence-corrected chi connectivity index (χ0v) is 11.4. The van der Waals surface area contributed by atoms with Crippen molar-refractivity contribution in [3.63, 3.8) is 0 Å². The summed E-state index contributed by atoms with van der Waals surface area (Å²) in [6.45, 7) is 2.97. The van der Waals surface area contributed by atoms with Gasteiger partial charge in [-0.1, -0.05) is 0 Å². The molecular weight excluding hydrogens is 261 g/mol. The largest absolute Gasteiger partial charge is 0.368 e. The summed E-state index contributed by atoms with van der Waals surface area (Å²) in [5, 5.41) is 3.14. The van der Waals surface area contributed by atoms with Crippen LogP contribution in [-0.4, -0.2) is 42.4 Å². The van der Waals surface area contributed by atoms with Crippen LogP contribution in [0.4, 0.5) is 4.39 Å². The highest BCUT2D eigenvalue weighted by molar-refractivity contribution is 5.96. The quantitative estimate of drug-likeness (QED) is 0.839. The highest BCUT2D eigenvalue weighted by atomic mass is 19.1. The third-order valence-electron chi connectivity index (χ3n) is 3.35. The molecule has 1 unspecified atom stereocenters. The van der Waals surface area contributed by atoms with Gasteiger partial charge in [0.15, 0.2) is 0 Å². The van der Waals surface area contributed by atoms with Gasteiger partial charge in [-0.3, -0.25) is 9.59 Å². The van der Waals surface area contributed by atoms with Crippen LogP contribution in [0.1, 0.15) is 22.3 Å². The normalized spacial score (nSPS) is 18.0. The molecule has 108 valence electrons. The number of nitrogens with one attached hydrogen (secondary N) is 1. The van der Waals surface area contributed by atoms with E-state index in [2.05, 4.69) is 5.32 Å². The summed E-state index contributed by atoms with van der Waals surface area (Å²) in [5.41, 5.74) is 6.12. The number of rotatable bonds is 4. The Morgan fingerprint density at radius 2 is 2.20 bits per heavy atom. The summed E-state index contributed by atoms with van der Waals surface area (Å²) in [7, 11) is 0. The monoisotopic (exact) mass is 279 g/mol. The van der Waals surface area contributed by atoms with E-state index in [0.717, 1.165) is 13.0 Å². The lowest BCUT2D eigenvalue weighted by molar-refractivity contribution is -0.119. The van der Waals surface area contributed by atoms with Crippen molar-refractivity contribution >= 4 is 11.8 Å². The van der Waals surface area contributed by atoms with E-state index in [1.54, 1.807) is 13.0 Å². The van der Waals surface area contributed by atoms with E-state index in [9.17, 15) is 14.0 Å². The molecule has 0 aliphatic carbocycles. The maximum Gasteiger partial charge on any atom is 0.254 e. The number of hydrogen-bond acceptors (Lipinski definition) is 3. The Morgan fingerprint density at radius 1 is 1.45 bits per heavy atom. The van der Waals surface area contributed by atoms with Gasteiger partial charge in [-0.15, -0.1) is 0 Å². The molecular formula is C14H18FN3O2. The molecule has 5 nitrogen and oxygen atoms in total. The van der Waals surface area contributed by atoms with Crippen molar-refractivity contribution in [2.45, 2.75) is 19.4 Å². The van der Waals surface area contributed by atoms with Crippen LogP contribution in [0.5, 0.6) is 0 Å². The van der Waals surface area contributed by atoms with Gasteiger partial charge in [0.05, 0.1) is 6.54 Å². The Hall–Kier alpha value is -1.95. The number of carbonyl (C=O) groups excluding carboxylic acids is 2. The van der Waals surface area contributed by atoms with E-state index in [0.29, 0.717) is 12.1 Å². The first kappa shape index (κ1) is 14.5. The lowest BCUT2D eigenvalue weighted by Gasteiger charge is -2.27. The van der Waals surface area contributed by atoms with Crippen molar-refractivity contribution in [2.24, 2.45) is 5.73 Å². The molecule has 2 rings (SSSR count). The van der Waals surface area contributed by atoms with Gasteiger partial charge < -0.3 is 16.0 Å². The van der Waals surface area contributed by atoms with Gasteiger partial charge in [0.1, 0.15) is 5.82 Å². The maximum absolute atomic E-state index is 13.4. The molecule has 1 fully saturated rings. The van der Waals surface area contributed by atoms with Gasteiger partial charge in [0.25, 0.3) is 5.91 Å². The Labute approximate surface area is 116 Å². The summed E-state index contributed by atoms with van der Waals surface area (Å²) in [6.07, 6.45) is 0.757. The van der Waals surface area contributed by atoms with E-state index in [4.69, 9.17) is 5.73 Å². The number of nitrogens with two attached hydrogens (primary N) is 1. The molecule has 20 heavy (non-hydrogen) atoms. The molecule has 0 aromatic heterocycles. The molecule has 1 atom stereocenters. The fourth-order valence-electron chi connectivity index (χ4n) is 2.47. The van der Waals surface area contributed by atoms with Crippen LogP contribution in [0.25, 0.3) is 0 Å². The van der Waals surface area contributed by atoms with Gasteiger partial charge in [0.2, 0.25) is 5.91 Å². The first-order valence-corrected chi connectivity index (χ1v) is 6.54. The third-order valence-corrected chi connectivity index (χ3v) is 3.35. The van der Waals surface area contributed by atoms with Gasteiger partial charge >= 0.3 is 0 Å². The van der Waals surface area contributed by atoms with Crippen molar-refractivity contribution in [1.29, 1.82) is 0 Å². The molecule has 1 saturated heterocycles. The molecule has 1 aliphatic heterocycles. The first-order valence-electron chi connectivity index (χ1n) is 6.54. The molecule has 0 spiro atoms. The van der Waals surface area contributed by atoms with Gasteiger partial charge in [-0.05, 0) is 43.7 Å². The second-order valence-electron chi connectivity index (χ2n) is 5.06. The Balaban J connectivity index is 2.26.